The van der Waals surface area contributed by atoms with Crippen molar-refractivity contribution in [1.29, 1.82) is 5.26 Å². The van der Waals surface area contributed by atoms with E-state index in [1.165, 1.54) is 16.7 Å². The lowest BCUT2D eigenvalue weighted by Gasteiger charge is -2.45. The van der Waals surface area contributed by atoms with Gasteiger partial charge in [-0.05, 0) is 86.4 Å². The van der Waals surface area contributed by atoms with Crippen LogP contribution in [0.25, 0.3) is 11.1 Å². The number of nitrogens with zero attached hydrogens (tertiary/aromatic N) is 5. The van der Waals surface area contributed by atoms with Crippen molar-refractivity contribution >= 4 is 5.91 Å². The summed E-state index contributed by atoms with van der Waals surface area (Å²) in [7, 11) is 5.19. The number of methoxy groups -OCH3 is 2. The third-order valence-corrected chi connectivity index (χ3v) is 10.8. The van der Waals surface area contributed by atoms with Crippen LogP contribution < -0.4 is 15.0 Å². The monoisotopic (exact) mass is 693 g/mol. The molecule has 2 aromatic carbocycles. The third kappa shape index (κ3) is 7.78. The fourth-order valence-corrected chi connectivity index (χ4v) is 7.79. The van der Waals surface area contributed by atoms with Crippen molar-refractivity contribution in [2.45, 2.75) is 93.0 Å². The van der Waals surface area contributed by atoms with E-state index >= 15 is 0 Å². The number of benzene rings is 2. The van der Waals surface area contributed by atoms with Crippen LogP contribution in [-0.2, 0) is 31.4 Å². The van der Waals surface area contributed by atoms with Crippen molar-refractivity contribution in [3.8, 4) is 28.7 Å². The van der Waals surface area contributed by atoms with E-state index in [-0.39, 0.29) is 34.5 Å². The van der Waals surface area contributed by atoms with Gasteiger partial charge in [-0.2, -0.15) is 5.26 Å². The molecule has 3 atom stereocenters. The van der Waals surface area contributed by atoms with E-state index in [4.69, 9.17) is 9.47 Å². The van der Waals surface area contributed by atoms with Gasteiger partial charge in [-0.3, -0.25) is 19.4 Å². The van der Waals surface area contributed by atoms with Gasteiger partial charge in [-0.15, -0.1) is 0 Å². The molecule has 1 fully saturated rings. The lowest BCUT2D eigenvalue weighted by Crippen LogP contribution is -2.55. The SMILES string of the molecule is COc1cc(-c2cn(C)c(=O)c(C)c2C)cc(OC)c1CN1C[C@@H](C)N(Cc2cccc3c2CCN(C(=O)/C(C#N)=C/C(C)(C)C)C3C)C[C@@H]1C. The minimum Gasteiger partial charge on any atom is -0.496 e. The van der Waals surface area contributed by atoms with E-state index in [2.05, 4.69) is 67.0 Å². The zero-order valence-corrected chi connectivity index (χ0v) is 32.4. The number of amides is 1. The number of hydrogen-bond donors (Lipinski definition) is 0. The second kappa shape index (κ2) is 15.1. The molecule has 0 bridgehead atoms. The minimum atomic E-state index is -0.255. The summed E-state index contributed by atoms with van der Waals surface area (Å²) >= 11 is 0. The summed E-state index contributed by atoms with van der Waals surface area (Å²) in [5.74, 6) is 1.35. The molecule has 9 nitrogen and oxygen atoms in total. The summed E-state index contributed by atoms with van der Waals surface area (Å²) in [6, 6.07) is 13.3. The molecule has 0 spiro atoms. The highest BCUT2D eigenvalue weighted by Crippen LogP contribution is 2.39. The molecule has 2 aliphatic heterocycles. The Bertz CT molecular complexity index is 1910. The maximum Gasteiger partial charge on any atom is 0.264 e. The Kier molecular flexibility index (Phi) is 11.2. The first-order valence-electron chi connectivity index (χ1n) is 18.0. The quantitative estimate of drug-likeness (QED) is 0.191. The molecule has 3 aromatic rings. The summed E-state index contributed by atoms with van der Waals surface area (Å²) in [6.07, 6.45) is 4.44. The van der Waals surface area contributed by atoms with Gasteiger partial charge in [0.2, 0.25) is 0 Å². The predicted octanol–water partition coefficient (Wildman–Crippen LogP) is 6.72. The molecule has 1 saturated heterocycles. The van der Waals surface area contributed by atoms with Gasteiger partial charge in [0, 0.05) is 69.2 Å². The molecular weight excluding hydrogens is 638 g/mol. The van der Waals surface area contributed by atoms with Gasteiger partial charge in [0.05, 0.1) is 25.8 Å². The van der Waals surface area contributed by atoms with E-state index in [9.17, 15) is 14.9 Å². The number of aryl methyl sites for hydroxylation is 1. The lowest BCUT2D eigenvalue weighted by molar-refractivity contribution is -0.129. The number of aromatic nitrogens is 1. The summed E-state index contributed by atoms with van der Waals surface area (Å²) in [5, 5.41) is 9.79. The average Bonchev–Trinajstić information content (AvgIpc) is 3.09. The van der Waals surface area contributed by atoms with E-state index < -0.39 is 0 Å². The van der Waals surface area contributed by atoms with Gasteiger partial charge >= 0.3 is 0 Å². The fourth-order valence-electron chi connectivity index (χ4n) is 7.79. The summed E-state index contributed by atoms with van der Waals surface area (Å²) < 4.78 is 13.6. The summed E-state index contributed by atoms with van der Waals surface area (Å²) in [5.41, 5.74) is 8.42. The van der Waals surface area contributed by atoms with Crippen molar-refractivity contribution in [2.75, 3.05) is 33.9 Å². The Morgan fingerprint density at radius 2 is 1.59 bits per heavy atom. The summed E-state index contributed by atoms with van der Waals surface area (Å²) in [6.45, 7) is 20.5. The molecule has 1 unspecified atom stereocenters. The molecule has 1 amide bonds. The van der Waals surface area contributed by atoms with Crippen molar-refractivity contribution < 1.29 is 14.3 Å². The van der Waals surface area contributed by atoms with Gasteiger partial charge in [-0.1, -0.05) is 45.0 Å². The maximum absolute atomic E-state index is 13.5. The van der Waals surface area contributed by atoms with Crippen molar-refractivity contribution in [1.82, 2.24) is 19.3 Å². The zero-order valence-electron chi connectivity index (χ0n) is 32.4. The topological polar surface area (TPSA) is 91.0 Å². The smallest absolute Gasteiger partial charge is 0.264 e. The highest BCUT2D eigenvalue weighted by Gasteiger charge is 2.34. The number of ether oxygens (including phenoxy) is 2. The van der Waals surface area contributed by atoms with Crippen molar-refractivity contribution in [2.24, 2.45) is 12.5 Å². The Balaban J connectivity index is 1.33. The maximum atomic E-state index is 13.5. The molecule has 0 aliphatic carbocycles. The Morgan fingerprint density at radius 3 is 2.16 bits per heavy atom. The standard InChI is InChI=1S/C42H55N5O4/c1-26-22-46(25-37-38(50-10)17-32(18-39(37)51-11)36-24-44(9)40(48)29(4)28(36)3)27(2)21-45(26)23-31-13-12-14-34-30(5)47(16-15-35(31)34)41(49)33(20-43)19-42(6,7)8/h12-14,17-19,24,26-27,30H,15-16,21-23,25H2,1-11H3/b33-19+/t26-,27+,30?/m1/s1. The van der Waals surface area contributed by atoms with Gasteiger partial charge in [-0.25, -0.2) is 0 Å². The van der Waals surface area contributed by atoms with Crippen molar-refractivity contribution in [3.05, 3.63) is 91.9 Å². The molecular formula is C42H55N5O4. The van der Waals surface area contributed by atoms with Gasteiger partial charge < -0.3 is 18.9 Å². The van der Waals surface area contributed by atoms with E-state index in [1.54, 1.807) is 31.9 Å². The predicted molar refractivity (Wildman–Crippen MR) is 203 cm³/mol. The van der Waals surface area contributed by atoms with Crippen LogP contribution in [0.15, 0.2) is 53.0 Å². The van der Waals surface area contributed by atoms with Crippen LogP contribution in [0, 0.1) is 30.6 Å². The Hall–Kier alpha value is -4.39. The molecule has 1 aromatic heterocycles. The van der Waals surface area contributed by atoms with E-state index in [1.807, 2.05) is 45.7 Å². The molecule has 5 rings (SSSR count). The Labute approximate surface area is 304 Å². The second-order valence-corrected chi connectivity index (χ2v) is 15.6. The Morgan fingerprint density at radius 1 is 0.980 bits per heavy atom. The first-order valence-corrected chi connectivity index (χ1v) is 18.0. The number of carbonyl (C=O) groups excluding carboxylic acids is 1. The van der Waals surface area contributed by atoms with Crippen LogP contribution in [0.3, 0.4) is 0 Å². The zero-order chi connectivity index (χ0) is 37.4. The lowest BCUT2D eigenvalue weighted by atomic mass is 9.88. The highest BCUT2D eigenvalue weighted by molar-refractivity contribution is 5.97. The number of rotatable bonds is 8. The average molecular weight is 694 g/mol. The number of carbonyl (C=O) groups is 1. The number of piperazine rings is 1. The van der Waals surface area contributed by atoms with Gasteiger partial charge in [0.25, 0.3) is 11.5 Å². The van der Waals surface area contributed by atoms with Crippen LogP contribution >= 0.6 is 0 Å². The molecule has 272 valence electrons. The number of hydrogen-bond acceptors (Lipinski definition) is 7. The minimum absolute atomic E-state index is 0.00808. The largest absolute Gasteiger partial charge is 0.496 e. The van der Waals surface area contributed by atoms with E-state index in [0.29, 0.717) is 19.1 Å². The second-order valence-electron chi connectivity index (χ2n) is 15.6. The molecule has 3 heterocycles. The normalized spacial score (nSPS) is 20.2. The molecule has 9 heteroatoms. The fraction of sp³-hybridized carbons (Fsp3) is 0.500. The summed E-state index contributed by atoms with van der Waals surface area (Å²) in [4.78, 5) is 32.9. The first kappa shape index (κ1) is 37.9. The highest BCUT2D eigenvalue weighted by atomic mass is 16.5. The van der Waals surface area contributed by atoms with E-state index in [0.717, 1.165) is 65.4 Å². The third-order valence-electron chi connectivity index (χ3n) is 10.8. The number of allylic oxidation sites excluding steroid dienone is 1. The molecule has 0 N–H and O–H groups in total. The van der Waals surface area contributed by atoms with Gasteiger partial charge in [0.15, 0.2) is 0 Å². The van der Waals surface area contributed by atoms with Crippen LogP contribution in [0.4, 0.5) is 0 Å². The number of nitriles is 1. The molecule has 51 heavy (non-hydrogen) atoms. The van der Waals surface area contributed by atoms with Crippen LogP contribution in [0.1, 0.15) is 81.0 Å². The molecule has 0 saturated carbocycles. The van der Waals surface area contributed by atoms with Crippen LogP contribution in [-0.4, -0.2) is 71.1 Å². The molecule has 2 aliphatic rings. The first-order chi connectivity index (χ1) is 24.1. The van der Waals surface area contributed by atoms with Crippen LogP contribution in [0.2, 0.25) is 0 Å². The number of pyridine rings is 1. The van der Waals surface area contributed by atoms with Gasteiger partial charge in [0.1, 0.15) is 23.1 Å². The van der Waals surface area contributed by atoms with Crippen molar-refractivity contribution in [3.63, 3.8) is 0 Å². The van der Waals surface area contributed by atoms with Crippen LogP contribution in [0.5, 0.6) is 11.5 Å². The molecule has 0 radical (unpaired) electrons. The number of fused-ring (bicyclic) bond motifs is 1.